The normalized spacial score (nSPS) is 11.6. The molecule has 146 valence electrons. The number of fused-ring (bicyclic) bond motifs is 1. The Balaban J connectivity index is 2.19. The zero-order valence-electron chi connectivity index (χ0n) is 15.8. The predicted octanol–water partition coefficient (Wildman–Crippen LogP) is 4.55. The van der Waals surface area contributed by atoms with Gasteiger partial charge >= 0.3 is 12.1 Å². The number of hydrogen-bond donors (Lipinski definition) is 1. The second kappa shape index (κ2) is 7.59. The molecule has 0 fully saturated rings. The Morgan fingerprint density at radius 3 is 2.46 bits per heavy atom. The molecule has 0 saturated heterocycles. The van der Waals surface area contributed by atoms with Crippen molar-refractivity contribution in [3.63, 3.8) is 0 Å². The number of benzene rings is 1. The summed E-state index contributed by atoms with van der Waals surface area (Å²) in [4.78, 5) is 32.7. The molecule has 1 N–H and O–H groups in total. The fraction of sp³-hybridized carbons (Fsp3) is 0.300. The molecular formula is C20H20ClN3O4. The van der Waals surface area contributed by atoms with Gasteiger partial charge < -0.3 is 9.84 Å². The molecule has 28 heavy (non-hydrogen) atoms. The highest BCUT2D eigenvalue weighted by Gasteiger charge is 2.25. The van der Waals surface area contributed by atoms with E-state index < -0.39 is 17.7 Å². The topological polar surface area (TPSA) is 94.3 Å². The van der Waals surface area contributed by atoms with Gasteiger partial charge in [0.1, 0.15) is 10.8 Å². The number of aromatic nitrogens is 3. The van der Waals surface area contributed by atoms with Crippen molar-refractivity contribution in [2.75, 3.05) is 0 Å². The molecule has 1 aromatic carbocycles. The van der Waals surface area contributed by atoms with E-state index in [0.717, 1.165) is 5.56 Å². The minimum absolute atomic E-state index is 0.127. The lowest BCUT2D eigenvalue weighted by Gasteiger charge is -2.20. The van der Waals surface area contributed by atoms with Crippen LogP contribution >= 0.6 is 11.6 Å². The Labute approximate surface area is 166 Å². The van der Waals surface area contributed by atoms with E-state index in [2.05, 4.69) is 9.97 Å². The molecule has 0 aliphatic heterocycles. The first kappa shape index (κ1) is 19.8. The lowest BCUT2D eigenvalue weighted by molar-refractivity contribution is -0.137. The van der Waals surface area contributed by atoms with Gasteiger partial charge in [-0.1, -0.05) is 41.9 Å². The lowest BCUT2D eigenvalue weighted by atomic mass is 10.2. The number of halogens is 1. The number of ether oxygens (including phenoxy) is 1. The van der Waals surface area contributed by atoms with Crippen molar-refractivity contribution < 1.29 is 19.4 Å². The van der Waals surface area contributed by atoms with Crippen LogP contribution in [0.25, 0.3) is 22.4 Å². The van der Waals surface area contributed by atoms with E-state index in [1.165, 1.54) is 4.57 Å². The maximum atomic E-state index is 12.8. The number of carbonyl (C=O) groups excluding carboxylic acids is 1. The summed E-state index contributed by atoms with van der Waals surface area (Å²) in [6.45, 7) is 5.26. The number of carboxylic acid groups (broad SMARTS) is 1. The summed E-state index contributed by atoms with van der Waals surface area (Å²) in [7, 11) is 0. The largest absolute Gasteiger partial charge is 0.481 e. The van der Waals surface area contributed by atoms with E-state index in [-0.39, 0.29) is 23.6 Å². The van der Waals surface area contributed by atoms with E-state index in [4.69, 9.17) is 21.4 Å². The molecule has 0 radical (unpaired) electrons. The van der Waals surface area contributed by atoms with Gasteiger partial charge in [0.05, 0.1) is 11.8 Å². The van der Waals surface area contributed by atoms with Gasteiger partial charge in [0.15, 0.2) is 11.5 Å². The van der Waals surface area contributed by atoms with Crippen LogP contribution in [0.15, 0.2) is 36.4 Å². The summed E-state index contributed by atoms with van der Waals surface area (Å²) in [6, 6.07) is 10.9. The van der Waals surface area contributed by atoms with E-state index in [0.29, 0.717) is 16.9 Å². The maximum absolute atomic E-state index is 12.8. The van der Waals surface area contributed by atoms with Gasteiger partial charge in [-0.2, -0.15) is 0 Å². The highest BCUT2D eigenvalue weighted by molar-refractivity contribution is 6.34. The molecule has 7 nitrogen and oxygen atoms in total. The summed E-state index contributed by atoms with van der Waals surface area (Å²) < 4.78 is 6.78. The minimum Gasteiger partial charge on any atom is -0.481 e. The van der Waals surface area contributed by atoms with E-state index in [1.54, 1.807) is 26.8 Å². The molecule has 0 atom stereocenters. The third-order valence-electron chi connectivity index (χ3n) is 3.89. The van der Waals surface area contributed by atoms with Crippen LogP contribution in [0.4, 0.5) is 4.79 Å². The fourth-order valence-electron chi connectivity index (χ4n) is 2.74. The standard InChI is InChI=1S/C20H20ClN3O4/c1-20(2,3)28-19(27)24-13(9-10-15(25)26)11-14-16(21)22-17(23-18(14)24)12-7-5-4-6-8-12/h4-8,11H,9-10H2,1-3H3,(H,25,26). The number of aliphatic carboxylic acids is 1. The first-order chi connectivity index (χ1) is 13.2. The Kier molecular flexibility index (Phi) is 5.38. The van der Waals surface area contributed by atoms with Crippen LogP contribution in [-0.4, -0.2) is 37.3 Å². The molecule has 3 aromatic rings. The molecule has 0 aliphatic carbocycles. The van der Waals surface area contributed by atoms with Crippen molar-refractivity contribution in [1.29, 1.82) is 0 Å². The molecule has 0 aliphatic rings. The van der Waals surface area contributed by atoms with Gasteiger partial charge in [0.25, 0.3) is 0 Å². The maximum Gasteiger partial charge on any atom is 0.420 e. The molecule has 0 spiro atoms. The number of carboxylic acids is 1. The molecule has 0 bridgehead atoms. The number of hydrogen-bond acceptors (Lipinski definition) is 5. The smallest absolute Gasteiger partial charge is 0.420 e. The van der Waals surface area contributed by atoms with Crippen molar-refractivity contribution in [3.8, 4) is 11.4 Å². The SMILES string of the molecule is CC(C)(C)OC(=O)n1c(CCC(=O)O)cc2c(Cl)nc(-c3ccccc3)nc21. The summed E-state index contributed by atoms with van der Waals surface area (Å²) in [5, 5.41) is 9.68. The van der Waals surface area contributed by atoms with Gasteiger partial charge in [-0.15, -0.1) is 0 Å². The molecule has 0 amide bonds. The van der Waals surface area contributed by atoms with Gasteiger partial charge in [-0.25, -0.2) is 19.3 Å². The van der Waals surface area contributed by atoms with E-state index in [9.17, 15) is 9.59 Å². The summed E-state index contributed by atoms with van der Waals surface area (Å²) in [6.07, 6.45) is -0.658. The number of carbonyl (C=O) groups is 2. The van der Waals surface area contributed by atoms with E-state index in [1.807, 2.05) is 30.3 Å². The zero-order chi connectivity index (χ0) is 20.5. The van der Waals surface area contributed by atoms with Gasteiger partial charge in [0, 0.05) is 11.3 Å². The van der Waals surface area contributed by atoms with Gasteiger partial charge in [0.2, 0.25) is 0 Å². The van der Waals surface area contributed by atoms with Crippen LogP contribution in [0.2, 0.25) is 5.15 Å². The van der Waals surface area contributed by atoms with Gasteiger partial charge in [-0.05, 0) is 33.3 Å². The van der Waals surface area contributed by atoms with E-state index >= 15 is 0 Å². The first-order valence-electron chi connectivity index (χ1n) is 8.74. The number of rotatable bonds is 4. The molecule has 0 saturated carbocycles. The monoisotopic (exact) mass is 401 g/mol. The highest BCUT2D eigenvalue weighted by Crippen LogP contribution is 2.29. The van der Waals surface area contributed by atoms with Crippen LogP contribution in [-0.2, 0) is 16.0 Å². The number of aryl methyl sites for hydroxylation is 1. The Morgan fingerprint density at radius 2 is 1.86 bits per heavy atom. The predicted molar refractivity (Wildman–Crippen MR) is 106 cm³/mol. The average Bonchev–Trinajstić information content (AvgIpc) is 2.98. The van der Waals surface area contributed by atoms with Crippen molar-refractivity contribution in [1.82, 2.24) is 14.5 Å². The summed E-state index contributed by atoms with van der Waals surface area (Å²) >= 11 is 6.37. The lowest BCUT2D eigenvalue weighted by Crippen LogP contribution is -2.28. The van der Waals surface area contributed by atoms with Crippen molar-refractivity contribution in [2.45, 2.75) is 39.2 Å². The Hall–Kier alpha value is -2.93. The zero-order valence-corrected chi connectivity index (χ0v) is 16.5. The highest BCUT2D eigenvalue weighted by atomic mass is 35.5. The average molecular weight is 402 g/mol. The van der Waals surface area contributed by atoms with Gasteiger partial charge in [-0.3, -0.25) is 4.79 Å². The third-order valence-corrected chi connectivity index (χ3v) is 4.18. The first-order valence-corrected chi connectivity index (χ1v) is 9.12. The van der Waals surface area contributed by atoms with Crippen molar-refractivity contribution in [2.24, 2.45) is 0 Å². The molecule has 0 unspecified atom stereocenters. The Morgan fingerprint density at radius 1 is 1.18 bits per heavy atom. The second-order valence-corrected chi connectivity index (χ2v) is 7.64. The second-order valence-electron chi connectivity index (χ2n) is 7.29. The third kappa shape index (κ3) is 4.31. The molecule has 2 aromatic heterocycles. The molecular weight excluding hydrogens is 382 g/mol. The Bertz CT molecular complexity index is 1040. The summed E-state index contributed by atoms with van der Waals surface area (Å²) in [5.41, 5.74) is 0.758. The molecule has 8 heteroatoms. The number of nitrogens with zero attached hydrogens (tertiary/aromatic N) is 3. The van der Waals surface area contributed by atoms with Crippen LogP contribution in [0.3, 0.4) is 0 Å². The minimum atomic E-state index is -0.969. The molecule has 2 heterocycles. The van der Waals surface area contributed by atoms with Crippen molar-refractivity contribution >= 4 is 34.7 Å². The van der Waals surface area contributed by atoms with Crippen LogP contribution in [0.1, 0.15) is 32.9 Å². The van der Waals surface area contributed by atoms with Crippen LogP contribution in [0.5, 0.6) is 0 Å². The quantitative estimate of drug-likeness (QED) is 0.644. The van der Waals surface area contributed by atoms with Crippen molar-refractivity contribution in [3.05, 3.63) is 47.2 Å². The van der Waals surface area contributed by atoms with Crippen LogP contribution in [0, 0.1) is 0 Å². The molecule has 3 rings (SSSR count). The fourth-order valence-corrected chi connectivity index (χ4v) is 2.96. The summed E-state index contributed by atoms with van der Waals surface area (Å²) in [5.74, 6) is -0.603. The van der Waals surface area contributed by atoms with Crippen LogP contribution < -0.4 is 0 Å².